The Balaban J connectivity index is 1.82. The number of halogens is 4. The van der Waals surface area contributed by atoms with Gasteiger partial charge in [-0.05, 0) is 44.5 Å². The smallest absolute Gasteiger partial charge is 0.290 e. The van der Waals surface area contributed by atoms with Crippen molar-refractivity contribution in [3.8, 4) is 0 Å². The highest BCUT2D eigenvalue weighted by atomic mass is 79.9. The number of alkyl halides is 3. The van der Waals surface area contributed by atoms with Crippen LogP contribution in [-0.4, -0.2) is 38.7 Å². The molecule has 0 saturated carbocycles. The van der Waals surface area contributed by atoms with E-state index in [0.29, 0.717) is 18.4 Å². The van der Waals surface area contributed by atoms with Gasteiger partial charge in [-0.15, -0.1) is 23.2 Å². The number of pyridine rings is 1. The van der Waals surface area contributed by atoms with Crippen LogP contribution in [0.2, 0.25) is 0 Å². The Kier molecular flexibility index (Phi) is 8.49. The molecule has 0 amide bonds. The van der Waals surface area contributed by atoms with Crippen LogP contribution in [0.1, 0.15) is 43.3 Å². The number of hydrogen-bond donors (Lipinski definition) is 3. The molecule has 0 aliphatic carbocycles. The Labute approximate surface area is 220 Å². The van der Waals surface area contributed by atoms with Gasteiger partial charge in [-0.2, -0.15) is 4.98 Å². The van der Waals surface area contributed by atoms with Crippen LogP contribution < -0.4 is 21.5 Å². The largest absolute Gasteiger partial charge is 0.385 e. The van der Waals surface area contributed by atoms with E-state index in [1.54, 1.807) is 0 Å². The van der Waals surface area contributed by atoms with Gasteiger partial charge in [0.2, 0.25) is 5.95 Å². The highest BCUT2D eigenvalue weighted by Gasteiger charge is 2.30. The molecule has 0 bridgehead atoms. The summed E-state index contributed by atoms with van der Waals surface area (Å²) in [6.45, 7) is 5.28. The normalized spacial score (nSPS) is 19.2. The first-order valence-electron chi connectivity index (χ1n) is 11.3. The van der Waals surface area contributed by atoms with Crippen molar-refractivity contribution in [2.75, 3.05) is 23.7 Å². The van der Waals surface area contributed by atoms with Crippen LogP contribution in [0.3, 0.4) is 0 Å². The number of nitrogens with zero attached hydrogens (tertiary/aromatic N) is 3. The van der Waals surface area contributed by atoms with Crippen molar-refractivity contribution in [2.45, 2.75) is 48.8 Å². The fourth-order valence-corrected chi connectivity index (χ4v) is 5.65. The van der Waals surface area contributed by atoms with Gasteiger partial charge < -0.3 is 15.4 Å². The summed E-state index contributed by atoms with van der Waals surface area (Å²) in [5.41, 5.74) is 1.31. The molecule has 1 saturated heterocycles. The topological polar surface area (TPSA) is 93.1 Å². The van der Waals surface area contributed by atoms with E-state index >= 15 is 4.39 Å². The Morgan fingerprint density at radius 1 is 1.31 bits per heavy atom. The molecule has 0 spiro atoms. The van der Waals surface area contributed by atoms with Gasteiger partial charge in [0.05, 0.1) is 0 Å². The minimum Gasteiger partial charge on any atom is -0.385 e. The van der Waals surface area contributed by atoms with Crippen LogP contribution in [0.15, 0.2) is 35.3 Å². The minimum absolute atomic E-state index is 0.121. The van der Waals surface area contributed by atoms with Crippen molar-refractivity contribution >= 4 is 67.5 Å². The van der Waals surface area contributed by atoms with Gasteiger partial charge in [-0.25, -0.2) is 9.37 Å². The molecule has 3 unspecified atom stereocenters. The van der Waals surface area contributed by atoms with Crippen molar-refractivity contribution < 1.29 is 9.13 Å². The molecule has 2 aromatic heterocycles. The van der Waals surface area contributed by atoms with E-state index in [-0.39, 0.29) is 29.8 Å². The van der Waals surface area contributed by atoms with E-state index in [2.05, 4.69) is 41.8 Å². The quantitative estimate of drug-likeness (QED) is 0.296. The fourth-order valence-electron chi connectivity index (χ4n) is 4.05. The first-order valence-corrected chi connectivity index (χ1v) is 13.1. The van der Waals surface area contributed by atoms with Crippen molar-refractivity contribution in [1.29, 1.82) is 0 Å². The van der Waals surface area contributed by atoms with Gasteiger partial charge in [0.25, 0.3) is 5.56 Å². The minimum atomic E-state index is -0.911. The molecule has 3 aromatic rings. The van der Waals surface area contributed by atoms with Crippen LogP contribution in [0, 0.1) is 5.82 Å². The molecule has 35 heavy (non-hydrogen) atoms. The van der Waals surface area contributed by atoms with Crippen molar-refractivity contribution in [3.05, 3.63) is 52.2 Å². The number of hydrogen-bond acceptors (Lipinski definition) is 7. The predicted molar refractivity (Wildman–Crippen MR) is 142 cm³/mol. The maximum atomic E-state index is 15.5. The number of nitrogens with one attached hydrogen (secondary N) is 3. The lowest BCUT2D eigenvalue weighted by Gasteiger charge is -2.31. The SMILES string of the molecule is CCNc1ccc(Nc2ncc3c(C(Br)CC(Cl)Cl)c(F)c(=O)n(C4CCNC(C)O4)c3n2)cc1. The van der Waals surface area contributed by atoms with E-state index in [9.17, 15) is 4.79 Å². The van der Waals surface area contributed by atoms with E-state index < -0.39 is 27.3 Å². The number of rotatable bonds is 8. The average molecular weight is 588 g/mol. The standard InChI is InChI=1S/C23H26BrCl2FN6O2/c1-3-28-13-4-6-14(7-5-13)31-23-30-11-15-19(16(24)10-17(25)26)20(27)22(34)33(21(15)32-23)18-8-9-29-12(2)35-18/h4-7,11-12,16-18,28-29H,3,8-10H2,1-2H3,(H,30,31,32). The number of anilines is 3. The molecule has 188 valence electrons. The first-order chi connectivity index (χ1) is 16.8. The maximum Gasteiger partial charge on any atom is 0.290 e. The second kappa shape index (κ2) is 11.4. The summed E-state index contributed by atoms with van der Waals surface area (Å²) in [5, 5.41) is 9.92. The summed E-state index contributed by atoms with van der Waals surface area (Å²) in [4.78, 5) is 20.9. The van der Waals surface area contributed by atoms with Gasteiger partial charge >= 0.3 is 0 Å². The molecule has 1 aromatic carbocycles. The monoisotopic (exact) mass is 586 g/mol. The average Bonchev–Trinajstić information content (AvgIpc) is 2.81. The molecule has 0 radical (unpaired) electrons. The first kappa shape index (κ1) is 26.1. The van der Waals surface area contributed by atoms with Crippen molar-refractivity contribution in [1.82, 2.24) is 19.9 Å². The molecular weight excluding hydrogens is 562 g/mol. The Hall–Kier alpha value is -1.98. The highest BCUT2D eigenvalue weighted by molar-refractivity contribution is 9.09. The molecule has 3 atom stereocenters. The number of ether oxygens (including phenoxy) is 1. The van der Waals surface area contributed by atoms with Gasteiger partial charge in [-0.3, -0.25) is 14.7 Å². The van der Waals surface area contributed by atoms with Crippen LogP contribution in [0.4, 0.5) is 21.7 Å². The second-order valence-electron chi connectivity index (χ2n) is 8.14. The Bertz CT molecular complexity index is 1240. The van der Waals surface area contributed by atoms with Crippen molar-refractivity contribution in [3.63, 3.8) is 0 Å². The van der Waals surface area contributed by atoms with Crippen molar-refractivity contribution in [2.24, 2.45) is 0 Å². The number of fused-ring (bicyclic) bond motifs is 1. The molecule has 12 heteroatoms. The molecule has 4 rings (SSSR count). The van der Waals surface area contributed by atoms with Gasteiger partial charge in [0.1, 0.15) is 17.3 Å². The fraction of sp³-hybridized carbons (Fsp3) is 0.435. The summed E-state index contributed by atoms with van der Waals surface area (Å²) in [6.07, 6.45) is 1.18. The van der Waals surface area contributed by atoms with Gasteiger partial charge in [0.15, 0.2) is 11.5 Å². The molecule has 3 N–H and O–H groups in total. The van der Waals surface area contributed by atoms with Crippen LogP contribution >= 0.6 is 39.1 Å². The summed E-state index contributed by atoms with van der Waals surface area (Å²) in [6, 6.07) is 7.65. The summed E-state index contributed by atoms with van der Waals surface area (Å²) in [7, 11) is 0. The molecule has 1 aliphatic rings. The second-order valence-corrected chi connectivity index (χ2v) is 10.5. The number of benzene rings is 1. The van der Waals surface area contributed by atoms with Gasteiger partial charge in [-0.1, -0.05) is 15.9 Å². The lowest BCUT2D eigenvalue weighted by molar-refractivity contribution is -0.0901. The van der Waals surface area contributed by atoms with Crippen LogP contribution in [-0.2, 0) is 4.74 Å². The lowest BCUT2D eigenvalue weighted by Crippen LogP contribution is -2.42. The summed E-state index contributed by atoms with van der Waals surface area (Å²) in [5.74, 6) is -0.647. The molecule has 3 heterocycles. The third kappa shape index (κ3) is 5.89. The lowest BCUT2D eigenvalue weighted by atomic mass is 10.1. The van der Waals surface area contributed by atoms with E-state index in [0.717, 1.165) is 17.9 Å². The predicted octanol–water partition coefficient (Wildman–Crippen LogP) is 5.59. The maximum absolute atomic E-state index is 15.5. The third-order valence-electron chi connectivity index (χ3n) is 5.62. The van der Waals surface area contributed by atoms with E-state index in [4.69, 9.17) is 27.9 Å². The highest BCUT2D eigenvalue weighted by Crippen LogP contribution is 2.37. The molecule has 8 nitrogen and oxygen atoms in total. The molecule has 1 aliphatic heterocycles. The number of aromatic nitrogens is 3. The van der Waals surface area contributed by atoms with Crippen LogP contribution in [0.25, 0.3) is 11.0 Å². The van der Waals surface area contributed by atoms with E-state index in [1.807, 2.05) is 38.1 Å². The third-order valence-corrected chi connectivity index (χ3v) is 6.81. The summed E-state index contributed by atoms with van der Waals surface area (Å²) < 4.78 is 22.7. The van der Waals surface area contributed by atoms with E-state index in [1.165, 1.54) is 10.8 Å². The molecular formula is C23H26BrCl2FN6O2. The van der Waals surface area contributed by atoms with Crippen LogP contribution in [0.5, 0.6) is 0 Å². The zero-order valence-electron chi connectivity index (χ0n) is 19.2. The zero-order chi connectivity index (χ0) is 25.1. The van der Waals surface area contributed by atoms with Gasteiger partial charge in [0, 0.05) is 52.9 Å². The Morgan fingerprint density at radius 2 is 2.03 bits per heavy atom. The summed E-state index contributed by atoms with van der Waals surface area (Å²) >= 11 is 15.3. The molecule has 1 fully saturated rings. The zero-order valence-corrected chi connectivity index (χ0v) is 22.3. The Morgan fingerprint density at radius 3 is 2.69 bits per heavy atom.